The Balaban J connectivity index is 2.03. The number of aromatic nitrogens is 2. The van der Waals surface area contributed by atoms with Crippen LogP contribution in [0, 0.1) is 13.8 Å². The number of H-pyrrole nitrogens is 1. The molecule has 1 heterocycles. The lowest BCUT2D eigenvalue weighted by Gasteiger charge is -2.02. The maximum Gasteiger partial charge on any atom is 0.111 e. The molecule has 3 aromatic rings. The summed E-state index contributed by atoms with van der Waals surface area (Å²) in [7, 11) is 0. The van der Waals surface area contributed by atoms with Crippen LogP contribution in [-0.2, 0) is 6.42 Å². The standard InChI is InChI=1S/C16H15BrN2/c1-10-5-3-4-6-12(10)8-15-18-14-9-13(17)7-11(2)16(14)19-15/h3-7,9H,8H2,1-2H3,(H,18,19). The highest BCUT2D eigenvalue weighted by molar-refractivity contribution is 9.10. The number of aromatic amines is 1. The fourth-order valence-electron chi connectivity index (χ4n) is 2.37. The summed E-state index contributed by atoms with van der Waals surface area (Å²) < 4.78 is 1.09. The number of nitrogens with zero attached hydrogens (tertiary/aromatic N) is 1. The molecule has 0 bridgehead atoms. The Labute approximate surface area is 121 Å². The second kappa shape index (κ2) is 4.82. The van der Waals surface area contributed by atoms with Crippen molar-refractivity contribution < 1.29 is 0 Å². The molecule has 3 rings (SSSR count). The maximum absolute atomic E-state index is 4.71. The van der Waals surface area contributed by atoms with E-state index in [-0.39, 0.29) is 0 Å². The van der Waals surface area contributed by atoms with Crippen LogP contribution in [0.3, 0.4) is 0 Å². The van der Waals surface area contributed by atoms with Gasteiger partial charge < -0.3 is 4.98 Å². The van der Waals surface area contributed by atoms with Gasteiger partial charge in [-0.15, -0.1) is 0 Å². The smallest absolute Gasteiger partial charge is 0.111 e. The van der Waals surface area contributed by atoms with Crippen LogP contribution in [0.5, 0.6) is 0 Å². The van der Waals surface area contributed by atoms with E-state index in [1.165, 1.54) is 16.7 Å². The van der Waals surface area contributed by atoms with Gasteiger partial charge in [-0.3, -0.25) is 0 Å². The zero-order valence-corrected chi connectivity index (χ0v) is 12.6. The van der Waals surface area contributed by atoms with Crippen molar-refractivity contribution in [3.8, 4) is 0 Å². The zero-order valence-electron chi connectivity index (χ0n) is 11.0. The van der Waals surface area contributed by atoms with Crippen molar-refractivity contribution in [2.75, 3.05) is 0 Å². The van der Waals surface area contributed by atoms with Crippen molar-refractivity contribution in [3.05, 3.63) is 63.4 Å². The van der Waals surface area contributed by atoms with Crippen LogP contribution >= 0.6 is 15.9 Å². The molecule has 2 nitrogen and oxygen atoms in total. The SMILES string of the molecule is Cc1ccccc1Cc1nc2c(C)cc(Br)cc2[nH]1. The molecule has 3 heteroatoms. The van der Waals surface area contributed by atoms with Crippen LogP contribution in [0.2, 0.25) is 0 Å². The lowest BCUT2D eigenvalue weighted by atomic mass is 10.1. The van der Waals surface area contributed by atoms with E-state index >= 15 is 0 Å². The first-order valence-corrected chi connectivity index (χ1v) is 7.12. The first-order valence-electron chi connectivity index (χ1n) is 6.33. The fourth-order valence-corrected chi connectivity index (χ4v) is 2.94. The molecule has 1 aromatic heterocycles. The Hall–Kier alpha value is -1.61. The van der Waals surface area contributed by atoms with Gasteiger partial charge in [-0.25, -0.2) is 4.98 Å². The third-order valence-electron chi connectivity index (χ3n) is 3.41. The van der Waals surface area contributed by atoms with Crippen LogP contribution in [-0.4, -0.2) is 9.97 Å². The van der Waals surface area contributed by atoms with Gasteiger partial charge in [0.15, 0.2) is 0 Å². The van der Waals surface area contributed by atoms with E-state index in [1.807, 2.05) is 0 Å². The highest BCUT2D eigenvalue weighted by Crippen LogP contribution is 2.23. The molecular formula is C16H15BrN2. The average molecular weight is 315 g/mol. The molecule has 0 aliphatic rings. The summed E-state index contributed by atoms with van der Waals surface area (Å²) >= 11 is 3.52. The van der Waals surface area contributed by atoms with E-state index in [9.17, 15) is 0 Å². The molecule has 0 saturated heterocycles. The summed E-state index contributed by atoms with van der Waals surface area (Å²) in [5.41, 5.74) is 5.97. The summed E-state index contributed by atoms with van der Waals surface area (Å²) in [4.78, 5) is 8.13. The molecule has 0 aliphatic heterocycles. The summed E-state index contributed by atoms with van der Waals surface area (Å²) in [5, 5.41) is 0. The van der Waals surface area contributed by atoms with Crippen molar-refractivity contribution >= 4 is 27.0 Å². The number of halogens is 1. The van der Waals surface area contributed by atoms with Crippen molar-refractivity contribution in [1.82, 2.24) is 9.97 Å². The predicted molar refractivity (Wildman–Crippen MR) is 82.5 cm³/mol. The average Bonchev–Trinajstić information content (AvgIpc) is 2.75. The van der Waals surface area contributed by atoms with E-state index in [4.69, 9.17) is 4.98 Å². The number of rotatable bonds is 2. The maximum atomic E-state index is 4.71. The van der Waals surface area contributed by atoms with Crippen LogP contribution in [0.4, 0.5) is 0 Å². The molecule has 0 spiro atoms. The van der Waals surface area contributed by atoms with E-state index in [0.29, 0.717) is 0 Å². The predicted octanol–water partition coefficient (Wildman–Crippen LogP) is 4.53. The molecule has 19 heavy (non-hydrogen) atoms. The van der Waals surface area contributed by atoms with Gasteiger partial charge in [0.25, 0.3) is 0 Å². The second-order valence-corrected chi connectivity index (χ2v) is 5.82. The van der Waals surface area contributed by atoms with Crippen LogP contribution in [0.25, 0.3) is 11.0 Å². The van der Waals surface area contributed by atoms with Gasteiger partial charge in [-0.2, -0.15) is 0 Å². The summed E-state index contributed by atoms with van der Waals surface area (Å²) in [5.74, 6) is 1.02. The van der Waals surface area contributed by atoms with E-state index in [0.717, 1.165) is 27.8 Å². The molecule has 0 aliphatic carbocycles. The first kappa shape index (κ1) is 12.4. The van der Waals surface area contributed by atoms with Crippen molar-refractivity contribution in [1.29, 1.82) is 0 Å². The Morgan fingerprint density at radius 2 is 1.89 bits per heavy atom. The quantitative estimate of drug-likeness (QED) is 0.739. The number of benzene rings is 2. The third-order valence-corrected chi connectivity index (χ3v) is 3.87. The summed E-state index contributed by atoms with van der Waals surface area (Å²) in [6.45, 7) is 4.23. The van der Waals surface area contributed by atoms with Gasteiger partial charge in [-0.05, 0) is 42.7 Å². The Kier molecular flexibility index (Phi) is 3.15. The largest absolute Gasteiger partial charge is 0.342 e. The highest BCUT2D eigenvalue weighted by Gasteiger charge is 2.08. The molecule has 0 unspecified atom stereocenters. The first-order chi connectivity index (χ1) is 9.13. The molecule has 0 amide bonds. The summed E-state index contributed by atoms with van der Waals surface area (Å²) in [6.07, 6.45) is 0.846. The third kappa shape index (κ3) is 2.43. The fraction of sp³-hybridized carbons (Fsp3) is 0.188. The monoisotopic (exact) mass is 314 g/mol. The molecule has 2 aromatic carbocycles. The minimum atomic E-state index is 0.846. The molecule has 1 N–H and O–H groups in total. The van der Waals surface area contributed by atoms with Crippen LogP contribution in [0.15, 0.2) is 40.9 Å². The normalized spacial score (nSPS) is 11.1. The van der Waals surface area contributed by atoms with Gasteiger partial charge in [-0.1, -0.05) is 40.2 Å². The Morgan fingerprint density at radius 1 is 1.11 bits per heavy atom. The molecule has 0 atom stereocenters. The highest BCUT2D eigenvalue weighted by atomic mass is 79.9. The number of imidazole rings is 1. The minimum Gasteiger partial charge on any atom is -0.342 e. The summed E-state index contributed by atoms with van der Waals surface area (Å²) in [6, 6.07) is 12.6. The van der Waals surface area contributed by atoms with E-state index in [1.54, 1.807) is 0 Å². The van der Waals surface area contributed by atoms with Gasteiger partial charge >= 0.3 is 0 Å². The number of hydrogen-bond donors (Lipinski definition) is 1. The van der Waals surface area contributed by atoms with Crippen LogP contribution < -0.4 is 0 Å². The number of fused-ring (bicyclic) bond motifs is 1. The van der Waals surface area contributed by atoms with Crippen molar-refractivity contribution in [2.24, 2.45) is 0 Å². The van der Waals surface area contributed by atoms with Crippen LogP contribution in [0.1, 0.15) is 22.5 Å². The van der Waals surface area contributed by atoms with Gasteiger partial charge in [0.05, 0.1) is 11.0 Å². The van der Waals surface area contributed by atoms with E-state index < -0.39 is 0 Å². The number of hydrogen-bond acceptors (Lipinski definition) is 1. The molecule has 0 radical (unpaired) electrons. The minimum absolute atomic E-state index is 0.846. The number of aryl methyl sites for hydroxylation is 2. The molecule has 0 fully saturated rings. The Bertz CT molecular complexity index is 744. The Morgan fingerprint density at radius 3 is 2.68 bits per heavy atom. The topological polar surface area (TPSA) is 28.7 Å². The lowest BCUT2D eigenvalue weighted by molar-refractivity contribution is 1.02. The second-order valence-electron chi connectivity index (χ2n) is 4.91. The molecule has 96 valence electrons. The molecule has 0 saturated carbocycles. The van der Waals surface area contributed by atoms with Gasteiger partial charge in [0.2, 0.25) is 0 Å². The van der Waals surface area contributed by atoms with E-state index in [2.05, 4.69) is 71.2 Å². The van der Waals surface area contributed by atoms with Gasteiger partial charge in [0.1, 0.15) is 5.82 Å². The molecular weight excluding hydrogens is 300 g/mol. The number of nitrogens with one attached hydrogen (secondary N) is 1. The van der Waals surface area contributed by atoms with Gasteiger partial charge in [0, 0.05) is 10.9 Å². The lowest BCUT2D eigenvalue weighted by Crippen LogP contribution is -1.93. The van der Waals surface area contributed by atoms with Crippen molar-refractivity contribution in [2.45, 2.75) is 20.3 Å². The van der Waals surface area contributed by atoms with Crippen molar-refractivity contribution in [3.63, 3.8) is 0 Å². The zero-order chi connectivity index (χ0) is 13.4.